The van der Waals surface area contributed by atoms with Gasteiger partial charge in [-0.1, -0.05) is 0 Å². The summed E-state index contributed by atoms with van der Waals surface area (Å²) >= 11 is 0. The van der Waals surface area contributed by atoms with Crippen molar-refractivity contribution in [1.29, 1.82) is 0 Å². The first-order chi connectivity index (χ1) is 1.73. The molecule has 0 aromatic rings. The van der Waals surface area contributed by atoms with Gasteiger partial charge in [-0.05, 0) is 6.92 Å². The molecule has 0 rings (SSSR count). The van der Waals surface area contributed by atoms with E-state index < -0.39 is 5.97 Å². The van der Waals surface area contributed by atoms with Crippen molar-refractivity contribution in [2.24, 2.45) is 0 Å². The van der Waals surface area contributed by atoms with Gasteiger partial charge in [0.1, 0.15) is 0 Å². The van der Waals surface area contributed by atoms with Gasteiger partial charge in [0.05, 0.1) is 0 Å². The average Bonchev–Trinajstić information content (AvgIpc) is 0.811. The number of quaternary nitrogens is 1. The van der Waals surface area contributed by atoms with Crippen LogP contribution in [0.25, 0.3) is 0 Å². The molecule has 4 nitrogen and oxygen atoms in total. The third kappa shape index (κ3) is 1210. The van der Waals surface area contributed by atoms with Gasteiger partial charge in [-0.2, -0.15) is 0 Å². The van der Waals surface area contributed by atoms with Crippen LogP contribution in [0.3, 0.4) is 0 Å². The van der Waals surface area contributed by atoms with E-state index in [1.807, 2.05) is 0 Å². The van der Waals surface area contributed by atoms with Crippen LogP contribution in [-0.2, 0) is 4.79 Å². The van der Waals surface area contributed by atoms with Crippen molar-refractivity contribution in [1.82, 2.24) is 6.15 Å². The summed E-state index contributed by atoms with van der Waals surface area (Å²) in [5.41, 5.74) is 0. The Morgan fingerprint density at radius 3 is 1.57 bits per heavy atom. The molecular weight excluding hydrogens is 293 g/mol. The van der Waals surface area contributed by atoms with Crippen molar-refractivity contribution in [2.45, 2.75) is 6.92 Å². The van der Waals surface area contributed by atoms with E-state index in [9.17, 15) is 0 Å². The molecule has 0 spiro atoms. The standard InChI is InChI=1S/C2H4O2.H3N.H2O.Pb.H/c1-2(3)4;;;;/h1H3,(H,3,4);1H3;1H2;;/q;;;+1;/p-1. The first-order valence-corrected chi connectivity index (χ1v) is 0.908. The molecule has 0 amide bonds. The molecule has 0 unspecified atom stereocenters. The van der Waals surface area contributed by atoms with Crippen LogP contribution in [0.1, 0.15) is 6.92 Å². The summed E-state index contributed by atoms with van der Waals surface area (Å²) in [6.07, 6.45) is 0. The molecule has 44 valence electrons. The van der Waals surface area contributed by atoms with Crippen molar-refractivity contribution in [3.05, 3.63) is 0 Å². The van der Waals surface area contributed by atoms with Gasteiger partial charge in [0.15, 0.2) is 0 Å². The van der Waals surface area contributed by atoms with Gasteiger partial charge >= 0.3 is 27.3 Å². The molecule has 0 aliphatic carbocycles. The average molecular weight is 302 g/mol. The van der Waals surface area contributed by atoms with Gasteiger partial charge in [0.2, 0.25) is 0 Å². The van der Waals surface area contributed by atoms with Crippen molar-refractivity contribution < 1.29 is 15.4 Å². The Morgan fingerprint density at radius 1 is 1.57 bits per heavy atom. The summed E-state index contributed by atoms with van der Waals surface area (Å²) in [6.45, 7) is 0.972. The van der Waals surface area contributed by atoms with Gasteiger partial charge in [-0.15, -0.1) is 0 Å². The molecule has 0 bridgehead atoms. The number of carboxylic acid groups (broad SMARTS) is 1. The van der Waals surface area contributed by atoms with E-state index >= 15 is 0 Å². The van der Waals surface area contributed by atoms with Crippen LogP contribution in [0, 0.1) is 0 Å². The Hall–Kier alpha value is 0.312. The van der Waals surface area contributed by atoms with Crippen LogP contribution in [0.15, 0.2) is 0 Å². The topological polar surface area (TPSA) is 107 Å². The molecule has 0 saturated heterocycles. The monoisotopic (exact) mass is 303 g/mol. The van der Waals surface area contributed by atoms with Crippen molar-refractivity contribution in [3.63, 3.8) is 0 Å². The van der Waals surface area contributed by atoms with E-state index in [0.717, 1.165) is 6.92 Å². The molecule has 5 N–H and O–H groups in total. The van der Waals surface area contributed by atoms with Crippen molar-refractivity contribution in [2.75, 3.05) is 0 Å². The summed E-state index contributed by atoms with van der Waals surface area (Å²) in [5, 5.41) is 8.89. The second-order valence-electron chi connectivity index (χ2n) is 0.492. The van der Waals surface area contributed by atoms with Gasteiger partial charge < -0.3 is 21.5 Å². The fourth-order valence-corrected chi connectivity index (χ4v) is 0. The predicted molar refractivity (Wildman–Crippen MR) is 25.8 cm³/mol. The maximum absolute atomic E-state index is 8.89. The third-order valence-electron chi connectivity index (χ3n) is 0. The Kier molecular flexibility index (Phi) is 61.6. The number of hydrogen-bond donors (Lipinski definition) is 1. The molecule has 7 heavy (non-hydrogen) atoms. The van der Waals surface area contributed by atoms with E-state index in [4.69, 9.17) is 9.90 Å². The van der Waals surface area contributed by atoms with Crippen LogP contribution < -0.4 is 11.3 Å². The van der Waals surface area contributed by atoms with E-state index in [0.29, 0.717) is 0 Å². The molecule has 0 heterocycles. The number of carbonyl (C=O) groups is 1. The van der Waals surface area contributed by atoms with Crippen LogP contribution in [0.5, 0.6) is 0 Å². The Labute approximate surface area is 62.0 Å². The molecule has 0 atom stereocenters. The molecule has 0 fully saturated rings. The maximum atomic E-state index is 8.89. The van der Waals surface area contributed by atoms with E-state index in [-0.39, 0.29) is 38.9 Å². The minimum atomic E-state index is -1.08. The fraction of sp³-hybridized carbons (Fsp3) is 0.500. The Balaban J connectivity index is -0.0000000150. The van der Waals surface area contributed by atoms with Crippen molar-refractivity contribution in [3.8, 4) is 0 Å². The molecule has 0 aliphatic heterocycles. The molecule has 0 aliphatic rings. The molecular formula is C2H9NO3Pb. The molecule has 0 saturated carbocycles. The van der Waals surface area contributed by atoms with E-state index in [1.54, 1.807) is 0 Å². The zero-order valence-corrected chi connectivity index (χ0v) is 8.83. The van der Waals surface area contributed by atoms with Crippen LogP contribution in [0.2, 0.25) is 0 Å². The van der Waals surface area contributed by atoms with Gasteiger partial charge in [0, 0.05) is 5.97 Å². The normalized spacial score (nSPS) is 3.57. The summed E-state index contributed by atoms with van der Waals surface area (Å²) in [5.74, 6) is -1.08. The van der Waals surface area contributed by atoms with E-state index in [2.05, 4.69) is 0 Å². The number of carbonyl (C=O) groups excluding carboxylic acids is 1. The number of hydrogen-bond acceptors (Lipinski definition) is 3. The second kappa shape index (κ2) is 16.2. The molecule has 0 aromatic heterocycles. The molecule has 2 radical (unpaired) electrons. The number of rotatable bonds is 0. The fourth-order valence-electron chi connectivity index (χ4n) is 0. The van der Waals surface area contributed by atoms with Crippen molar-refractivity contribution >= 4 is 33.3 Å². The Bertz CT molecular complexity index is 35.9. The Morgan fingerprint density at radius 2 is 1.57 bits per heavy atom. The summed E-state index contributed by atoms with van der Waals surface area (Å²) < 4.78 is 0. The third-order valence-corrected chi connectivity index (χ3v) is 0. The van der Waals surface area contributed by atoms with Crippen LogP contribution in [-0.4, -0.2) is 38.7 Å². The molecule has 0 aromatic carbocycles. The van der Waals surface area contributed by atoms with Crippen LogP contribution in [0.4, 0.5) is 0 Å². The zero-order valence-electron chi connectivity index (χ0n) is 4.34. The first kappa shape index (κ1) is 26.6. The minimum absolute atomic E-state index is 0. The summed E-state index contributed by atoms with van der Waals surface area (Å²) in [4.78, 5) is 8.89. The van der Waals surface area contributed by atoms with E-state index in [1.165, 1.54) is 0 Å². The van der Waals surface area contributed by atoms with Gasteiger partial charge in [-0.3, -0.25) is 0 Å². The second-order valence-corrected chi connectivity index (χ2v) is 0.492. The molecule has 5 heteroatoms. The first-order valence-electron chi connectivity index (χ1n) is 0.908. The number of aliphatic carboxylic acids is 1. The van der Waals surface area contributed by atoms with Gasteiger partial charge in [-0.25, -0.2) is 0 Å². The predicted octanol–water partition coefficient (Wildman–Crippen LogP) is -1.69. The summed E-state index contributed by atoms with van der Waals surface area (Å²) in [6, 6.07) is 0. The summed E-state index contributed by atoms with van der Waals surface area (Å²) in [7, 11) is 0. The SMILES string of the molecule is CC(=O)[O-].[NH4+].[OH-].[PbH+]. The van der Waals surface area contributed by atoms with Gasteiger partial charge in [0.25, 0.3) is 0 Å². The quantitative estimate of drug-likeness (QED) is 0.539. The zero-order chi connectivity index (χ0) is 3.58. The number of carboxylic acids is 1. The van der Waals surface area contributed by atoms with Crippen LogP contribution >= 0.6 is 0 Å².